The third-order valence-electron chi connectivity index (χ3n) is 6.14. The molecule has 0 saturated heterocycles. The summed E-state index contributed by atoms with van der Waals surface area (Å²) in [7, 11) is 0. The van der Waals surface area contributed by atoms with E-state index in [1.165, 1.54) is 34.4 Å². The molecular formula is C26H26FNO. The zero-order valence-corrected chi connectivity index (χ0v) is 16.9. The Hall–Kier alpha value is -2.94. The van der Waals surface area contributed by atoms with Crippen LogP contribution in [0.15, 0.2) is 72.8 Å². The van der Waals surface area contributed by atoms with Crippen molar-refractivity contribution >= 4 is 11.6 Å². The SMILES string of the molecule is CCc1ccc(C2(c3ccc(CC)cc3)CC2C(=O)Nc2ccc(F)cc2)cc1. The second-order valence-electron chi connectivity index (χ2n) is 7.83. The summed E-state index contributed by atoms with van der Waals surface area (Å²) in [6.07, 6.45) is 2.76. The molecule has 1 amide bonds. The Kier molecular flexibility index (Phi) is 5.23. The van der Waals surface area contributed by atoms with Gasteiger partial charge in [0, 0.05) is 11.1 Å². The molecule has 0 aliphatic heterocycles. The second-order valence-corrected chi connectivity index (χ2v) is 7.83. The van der Waals surface area contributed by atoms with Gasteiger partial charge < -0.3 is 5.32 Å². The van der Waals surface area contributed by atoms with Gasteiger partial charge in [-0.1, -0.05) is 62.4 Å². The van der Waals surface area contributed by atoms with Gasteiger partial charge in [0.1, 0.15) is 5.82 Å². The van der Waals surface area contributed by atoms with Crippen molar-refractivity contribution in [1.29, 1.82) is 0 Å². The Morgan fingerprint density at radius 1 is 0.862 bits per heavy atom. The molecule has 0 heterocycles. The van der Waals surface area contributed by atoms with Crippen molar-refractivity contribution in [3.05, 3.63) is 101 Å². The second kappa shape index (κ2) is 7.82. The summed E-state index contributed by atoms with van der Waals surface area (Å²) in [5.41, 5.74) is 5.26. The van der Waals surface area contributed by atoms with E-state index in [0.717, 1.165) is 19.3 Å². The summed E-state index contributed by atoms with van der Waals surface area (Å²) >= 11 is 0. The first-order valence-electron chi connectivity index (χ1n) is 10.3. The van der Waals surface area contributed by atoms with Gasteiger partial charge in [0.2, 0.25) is 5.91 Å². The molecule has 1 aliphatic rings. The van der Waals surface area contributed by atoms with Crippen LogP contribution in [0.1, 0.15) is 42.5 Å². The van der Waals surface area contributed by atoms with Crippen LogP contribution in [0, 0.1) is 11.7 Å². The summed E-state index contributed by atoms with van der Waals surface area (Å²) in [6, 6.07) is 23.2. The number of carbonyl (C=O) groups excluding carboxylic acids is 1. The molecule has 0 bridgehead atoms. The van der Waals surface area contributed by atoms with E-state index < -0.39 is 0 Å². The lowest BCUT2D eigenvalue weighted by Crippen LogP contribution is -2.22. The van der Waals surface area contributed by atoms with Crippen LogP contribution in [0.3, 0.4) is 0 Å². The molecule has 4 rings (SSSR count). The molecule has 0 spiro atoms. The van der Waals surface area contributed by atoms with Crippen molar-refractivity contribution in [3.63, 3.8) is 0 Å². The van der Waals surface area contributed by atoms with Gasteiger partial charge in [-0.25, -0.2) is 4.39 Å². The number of anilines is 1. The number of rotatable bonds is 6. The summed E-state index contributed by atoms with van der Waals surface area (Å²) in [5, 5.41) is 2.96. The molecule has 29 heavy (non-hydrogen) atoms. The Morgan fingerprint density at radius 2 is 1.34 bits per heavy atom. The molecule has 148 valence electrons. The average molecular weight is 387 g/mol. The van der Waals surface area contributed by atoms with Gasteiger partial charge in [0.15, 0.2) is 0 Å². The molecular weight excluding hydrogens is 361 g/mol. The molecule has 1 fully saturated rings. The maximum absolute atomic E-state index is 13.2. The highest BCUT2D eigenvalue weighted by molar-refractivity contribution is 5.97. The van der Waals surface area contributed by atoms with E-state index in [4.69, 9.17) is 0 Å². The summed E-state index contributed by atoms with van der Waals surface area (Å²) in [4.78, 5) is 13.1. The molecule has 1 N–H and O–H groups in total. The van der Waals surface area contributed by atoms with Crippen LogP contribution in [-0.2, 0) is 23.1 Å². The number of amides is 1. The van der Waals surface area contributed by atoms with Crippen LogP contribution in [0.5, 0.6) is 0 Å². The van der Waals surface area contributed by atoms with Gasteiger partial charge in [0.05, 0.1) is 5.92 Å². The van der Waals surface area contributed by atoms with Crippen molar-refractivity contribution in [1.82, 2.24) is 0 Å². The summed E-state index contributed by atoms with van der Waals surface area (Å²) in [6.45, 7) is 4.29. The predicted molar refractivity (Wildman–Crippen MR) is 116 cm³/mol. The molecule has 1 unspecified atom stereocenters. The molecule has 0 radical (unpaired) electrons. The van der Waals surface area contributed by atoms with E-state index in [1.54, 1.807) is 12.1 Å². The molecule has 1 saturated carbocycles. The number of halogens is 1. The predicted octanol–water partition coefficient (Wildman–Crippen LogP) is 5.90. The number of aryl methyl sites for hydroxylation is 2. The Morgan fingerprint density at radius 3 is 1.79 bits per heavy atom. The van der Waals surface area contributed by atoms with E-state index in [9.17, 15) is 9.18 Å². The molecule has 0 aromatic heterocycles. The lowest BCUT2D eigenvalue weighted by atomic mass is 9.84. The van der Waals surface area contributed by atoms with Crippen molar-refractivity contribution in [3.8, 4) is 0 Å². The van der Waals surface area contributed by atoms with E-state index >= 15 is 0 Å². The maximum Gasteiger partial charge on any atom is 0.228 e. The first-order valence-corrected chi connectivity index (χ1v) is 10.3. The first-order chi connectivity index (χ1) is 14.1. The van der Waals surface area contributed by atoms with Gasteiger partial charge in [-0.3, -0.25) is 4.79 Å². The highest BCUT2D eigenvalue weighted by atomic mass is 19.1. The summed E-state index contributed by atoms with van der Waals surface area (Å²) < 4.78 is 13.2. The Labute approximate surface area is 171 Å². The minimum Gasteiger partial charge on any atom is -0.326 e. The van der Waals surface area contributed by atoms with Gasteiger partial charge >= 0.3 is 0 Å². The highest BCUT2D eigenvalue weighted by Gasteiger charge is 2.60. The highest BCUT2D eigenvalue weighted by Crippen LogP contribution is 2.59. The third-order valence-corrected chi connectivity index (χ3v) is 6.14. The van der Waals surface area contributed by atoms with Crippen LogP contribution < -0.4 is 5.32 Å². The Balaban J connectivity index is 1.66. The zero-order chi connectivity index (χ0) is 20.4. The van der Waals surface area contributed by atoms with Gasteiger partial charge in [-0.05, 0) is 65.8 Å². The van der Waals surface area contributed by atoms with E-state index in [0.29, 0.717) is 5.69 Å². The molecule has 3 heteroatoms. The largest absolute Gasteiger partial charge is 0.326 e. The van der Waals surface area contributed by atoms with Crippen LogP contribution in [0.25, 0.3) is 0 Å². The first kappa shape index (κ1) is 19.4. The van der Waals surface area contributed by atoms with Crippen LogP contribution >= 0.6 is 0 Å². The number of benzene rings is 3. The number of hydrogen-bond donors (Lipinski definition) is 1. The van der Waals surface area contributed by atoms with E-state index in [1.807, 2.05) is 0 Å². The lowest BCUT2D eigenvalue weighted by molar-refractivity contribution is -0.117. The average Bonchev–Trinajstić information content (AvgIpc) is 3.53. The van der Waals surface area contributed by atoms with Crippen LogP contribution in [-0.4, -0.2) is 5.91 Å². The van der Waals surface area contributed by atoms with Crippen LogP contribution in [0.4, 0.5) is 10.1 Å². The van der Waals surface area contributed by atoms with Gasteiger partial charge in [0.25, 0.3) is 0 Å². The monoisotopic (exact) mass is 387 g/mol. The smallest absolute Gasteiger partial charge is 0.228 e. The molecule has 2 nitrogen and oxygen atoms in total. The molecule has 3 aromatic rings. The quantitative estimate of drug-likeness (QED) is 0.561. The van der Waals surface area contributed by atoms with Gasteiger partial charge in [-0.2, -0.15) is 0 Å². The fourth-order valence-electron chi connectivity index (χ4n) is 4.22. The van der Waals surface area contributed by atoms with Crippen molar-refractivity contribution in [2.45, 2.75) is 38.5 Å². The van der Waals surface area contributed by atoms with E-state index in [-0.39, 0.29) is 23.1 Å². The maximum atomic E-state index is 13.2. The van der Waals surface area contributed by atoms with Gasteiger partial charge in [-0.15, -0.1) is 0 Å². The minimum absolute atomic E-state index is 0.0178. The normalized spacial score (nSPS) is 17.0. The fraction of sp³-hybridized carbons (Fsp3) is 0.269. The van der Waals surface area contributed by atoms with Crippen molar-refractivity contribution in [2.24, 2.45) is 5.92 Å². The fourth-order valence-corrected chi connectivity index (χ4v) is 4.22. The van der Waals surface area contributed by atoms with Crippen LogP contribution in [0.2, 0.25) is 0 Å². The standard InChI is InChI=1S/C26H26FNO/c1-3-18-5-9-20(10-6-18)26(21-11-7-19(4-2)8-12-21)17-24(26)25(29)28-23-15-13-22(27)14-16-23/h5-16,24H,3-4,17H2,1-2H3,(H,28,29). The topological polar surface area (TPSA) is 29.1 Å². The molecule has 1 aliphatic carbocycles. The minimum atomic E-state index is -0.309. The Bertz CT molecular complexity index is 943. The lowest BCUT2D eigenvalue weighted by Gasteiger charge is -2.20. The number of carbonyl (C=O) groups is 1. The van der Waals surface area contributed by atoms with Crippen molar-refractivity contribution in [2.75, 3.05) is 5.32 Å². The number of nitrogens with one attached hydrogen (secondary N) is 1. The van der Waals surface area contributed by atoms with Crippen molar-refractivity contribution < 1.29 is 9.18 Å². The third kappa shape index (κ3) is 3.69. The molecule has 3 aromatic carbocycles. The zero-order valence-electron chi connectivity index (χ0n) is 16.9. The number of hydrogen-bond acceptors (Lipinski definition) is 1. The molecule has 1 atom stereocenters. The van der Waals surface area contributed by atoms with E-state index in [2.05, 4.69) is 67.7 Å². The summed E-state index contributed by atoms with van der Waals surface area (Å²) in [5.74, 6) is -0.473.